The van der Waals surface area contributed by atoms with Crippen LogP contribution in [0.3, 0.4) is 0 Å². The molecule has 0 heterocycles. The van der Waals surface area contributed by atoms with E-state index in [-0.39, 0.29) is 0 Å². The van der Waals surface area contributed by atoms with Crippen LogP contribution in [-0.2, 0) is 0 Å². The number of halogens is 1. The first kappa shape index (κ1) is 11.5. The van der Waals surface area contributed by atoms with Crippen LogP contribution in [0.5, 0.6) is 0 Å². The van der Waals surface area contributed by atoms with Gasteiger partial charge in [0.05, 0.1) is 0 Å². The topological polar surface area (TPSA) is 0 Å². The molecule has 0 nitrogen and oxygen atoms in total. The maximum Gasteiger partial charge on any atom is 0.0175 e. The van der Waals surface area contributed by atoms with Gasteiger partial charge in [-0.2, -0.15) is 0 Å². The van der Waals surface area contributed by atoms with Crippen LogP contribution in [0.4, 0.5) is 0 Å². The Morgan fingerprint density at radius 1 is 1.00 bits per heavy atom. The summed E-state index contributed by atoms with van der Waals surface area (Å²) in [5.41, 5.74) is 7.43. The molecule has 1 heteroatoms. The molecule has 1 atom stereocenters. The van der Waals surface area contributed by atoms with Crippen molar-refractivity contribution in [2.45, 2.75) is 12.3 Å². The molecule has 0 bridgehead atoms. The van der Waals surface area contributed by atoms with Gasteiger partial charge in [0.2, 0.25) is 0 Å². The van der Waals surface area contributed by atoms with E-state index in [0.29, 0.717) is 5.92 Å². The third kappa shape index (κ3) is 2.64. The smallest absolute Gasteiger partial charge is 0.0175 e. The predicted molar refractivity (Wildman–Crippen MR) is 79.4 cm³/mol. The molecule has 2 aromatic rings. The second kappa shape index (κ2) is 4.97. The van der Waals surface area contributed by atoms with E-state index in [0.717, 1.165) is 10.9 Å². The normalized spacial score (nSPS) is 17.2. The molecular formula is C17H13Br. The second-order valence-corrected chi connectivity index (χ2v) is 5.45. The zero-order chi connectivity index (χ0) is 12.4. The van der Waals surface area contributed by atoms with Crippen molar-refractivity contribution >= 4 is 22.0 Å². The van der Waals surface area contributed by atoms with Crippen LogP contribution in [0.15, 0.2) is 70.4 Å². The van der Waals surface area contributed by atoms with Crippen LogP contribution in [-0.4, -0.2) is 0 Å². The van der Waals surface area contributed by atoms with E-state index in [2.05, 4.69) is 76.3 Å². The highest BCUT2D eigenvalue weighted by atomic mass is 79.9. The quantitative estimate of drug-likeness (QED) is 0.670. The molecule has 18 heavy (non-hydrogen) atoms. The van der Waals surface area contributed by atoms with Gasteiger partial charge in [0.1, 0.15) is 0 Å². The molecule has 1 fully saturated rings. The Morgan fingerprint density at radius 2 is 1.72 bits per heavy atom. The van der Waals surface area contributed by atoms with Crippen molar-refractivity contribution in [1.29, 1.82) is 0 Å². The lowest BCUT2D eigenvalue weighted by molar-refractivity contribution is 1.16. The first-order chi connectivity index (χ1) is 8.83. The molecule has 0 aromatic heterocycles. The Bertz CT molecular complexity index is 602. The van der Waals surface area contributed by atoms with Gasteiger partial charge in [0.25, 0.3) is 0 Å². The summed E-state index contributed by atoms with van der Waals surface area (Å²) in [4.78, 5) is 0. The van der Waals surface area contributed by atoms with E-state index < -0.39 is 0 Å². The van der Waals surface area contributed by atoms with Gasteiger partial charge in [0, 0.05) is 10.4 Å². The summed E-state index contributed by atoms with van der Waals surface area (Å²) < 4.78 is 1.14. The van der Waals surface area contributed by atoms with Crippen LogP contribution in [0.2, 0.25) is 0 Å². The third-order valence-corrected chi connectivity index (χ3v) is 3.71. The number of hydrogen-bond acceptors (Lipinski definition) is 0. The first-order valence-corrected chi connectivity index (χ1v) is 6.88. The van der Waals surface area contributed by atoms with E-state index in [1.165, 1.54) is 16.7 Å². The minimum absolute atomic E-state index is 0.582. The fourth-order valence-electron chi connectivity index (χ4n) is 2.06. The molecule has 1 saturated carbocycles. The molecule has 0 aliphatic heterocycles. The zero-order valence-corrected chi connectivity index (χ0v) is 11.5. The first-order valence-electron chi connectivity index (χ1n) is 6.09. The van der Waals surface area contributed by atoms with E-state index in [1.54, 1.807) is 0 Å². The van der Waals surface area contributed by atoms with Crippen LogP contribution in [0.1, 0.15) is 23.5 Å². The van der Waals surface area contributed by atoms with Crippen LogP contribution >= 0.6 is 15.9 Å². The van der Waals surface area contributed by atoms with Crippen LogP contribution < -0.4 is 0 Å². The van der Waals surface area contributed by atoms with Gasteiger partial charge >= 0.3 is 0 Å². The second-order valence-electron chi connectivity index (χ2n) is 4.53. The SMILES string of the molecule is Brc1ccc([C@H]2CC2=C=Cc2ccccc2)cc1. The fourth-order valence-corrected chi connectivity index (χ4v) is 2.32. The lowest BCUT2D eigenvalue weighted by Gasteiger charge is -1.95. The summed E-state index contributed by atoms with van der Waals surface area (Å²) in [5, 5.41) is 0. The standard InChI is InChI=1S/C17H13Br/c18-16-10-8-14(9-11-16)17-12-15(17)7-6-13-4-2-1-3-5-13/h1-6,8-11,17H,12H2/t7?,17-/m1/s1. The minimum atomic E-state index is 0.582. The monoisotopic (exact) mass is 296 g/mol. The van der Waals surface area contributed by atoms with Gasteiger partial charge in [-0.1, -0.05) is 58.4 Å². The largest absolute Gasteiger partial charge is 0.120 e. The molecule has 1 aliphatic carbocycles. The summed E-state index contributed by atoms with van der Waals surface area (Å²) in [6.07, 6.45) is 3.22. The molecule has 0 spiro atoms. The fraction of sp³-hybridized carbons (Fsp3) is 0.118. The van der Waals surface area contributed by atoms with E-state index in [4.69, 9.17) is 0 Å². The van der Waals surface area contributed by atoms with Gasteiger partial charge in [0.15, 0.2) is 0 Å². The summed E-state index contributed by atoms with van der Waals surface area (Å²) >= 11 is 3.46. The maximum absolute atomic E-state index is 3.46. The highest BCUT2D eigenvalue weighted by molar-refractivity contribution is 9.10. The Balaban J connectivity index is 1.78. The van der Waals surface area contributed by atoms with Crippen molar-refractivity contribution in [3.63, 3.8) is 0 Å². The summed E-state index contributed by atoms with van der Waals surface area (Å²) in [7, 11) is 0. The van der Waals surface area contributed by atoms with Crippen molar-refractivity contribution in [2.24, 2.45) is 0 Å². The van der Waals surface area contributed by atoms with Crippen LogP contribution in [0.25, 0.3) is 6.08 Å². The van der Waals surface area contributed by atoms with Crippen molar-refractivity contribution in [2.75, 3.05) is 0 Å². The lowest BCUT2D eigenvalue weighted by atomic mass is 10.1. The van der Waals surface area contributed by atoms with E-state index >= 15 is 0 Å². The molecule has 3 rings (SSSR count). The lowest BCUT2D eigenvalue weighted by Crippen LogP contribution is -1.76. The van der Waals surface area contributed by atoms with Crippen molar-refractivity contribution < 1.29 is 0 Å². The molecular weight excluding hydrogens is 284 g/mol. The third-order valence-electron chi connectivity index (χ3n) is 3.18. The minimum Gasteiger partial charge on any atom is -0.120 e. The molecule has 88 valence electrons. The predicted octanol–water partition coefficient (Wildman–Crippen LogP) is 5.18. The van der Waals surface area contributed by atoms with Gasteiger partial charge < -0.3 is 0 Å². The molecule has 2 aromatic carbocycles. The van der Waals surface area contributed by atoms with Crippen molar-refractivity contribution in [1.82, 2.24) is 0 Å². The van der Waals surface area contributed by atoms with Gasteiger partial charge in [-0.25, -0.2) is 0 Å². The Hall–Kier alpha value is -1.56. The highest BCUT2D eigenvalue weighted by Crippen LogP contribution is 2.46. The van der Waals surface area contributed by atoms with Gasteiger partial charge in [-0.05, 0) is 41.3 Å². The Morgan fingerprint density at radius 3 is 2.44 bits per heavy atom. The number of rotatable bonds is 2. The Kier molecular flexibility index (Phi) is 3.19. The average Bonchev–Trinajstić information content (AvgIpc) is 3.18. The van der Waals surface area contributed by atoms with Gasteiger partial charge in [-0.3, -0.25) is 0 Å². The number of benzene rings is 2. The average molecular weight is 297 g/mol. The highest BCUT2D eigenvalue weighted by Gasteiger charge is 2.30. The molecule has 0 unspecified atom stereocenters. The van der Waals surface area contributed by atoms with Crippen molar-refractivity contribution in [3.8, 4) is 0 Å². The maximum atomic E-state index is 3.46. The molecule has 1 aliphatic rings. The molecule has 0 saturated heterocycles. The van der Waals surface area contributed by atoms with E-state index in [1.807, 2.05) is 6.07 Å². The van der Waals surface area contributed by atoms with Crippen LogP contribution in [0, 0.1) is 0 Å². The molecule has 0 amide bonds. The van der Waals surface area contributed by atoms with Crippen molar-refractivity contribution in [3.05, 3.63) is 81.5 Å². The Labute approximate surface area is 116 Å². The zero-order valence-electron chi connectivity index (χ0n) is 9.94. The summed E-state index contributed by atoms with van der Waals surface area (Å²) in [5.74, 6) is 0.582. The van der Waals surface area contributed by atoms with Gasteiger partial charge in [-0.15, -0.1) is 5.73 Å². The number of hydrogen-bond donors (Lipinski definition) is 0. The summed E-state index contributed by atoms with van der Waals surface area (Å²) in [6, 6.07) is 18.9. The number of allylic oxidation sites excluding steroid dienone is 1. The molecule has 0 radical (unpaired) electrons. The van der Waals surface area contributed by atoms with E-state index in [9.17, 15) is 0 Å². The molecule has 0 N–H and O–H groups in total. The summed E-state index contributed by atoms with van der Waals surface area (Å²) in [6.45, 7) is 0.